The van der Waals surface area contributed by atoms with Crippen LogP contribution in [0.2, 0.25) is 0 Å². The smallest absolute Gasteiger partial charge is 0.251 e. The van der Waals surface area contributed by atoms with Crippen molar-refractivity contribution >= 4 is 17.5 Å². The molecule has 0 aliphatic carbocycles. The molecule has 2 rings (SSSR count). The number of rotatable bonds is 5. The second-order valence-corrected chi connectivity index (χ2v) is 4.75. The van der Waals surface area contributed by atoms with Gasteiger partial charge in [0.05, 0.1) is 7.11 Å². The zero-order valence-electron chi connectivity index (χ0n) is 11.5. The van der Waals surface area contributed by atoms with Gasteiger partial charge in [0, 0.05) is 18.0 Å². The lowest BCUT2D eigenvalue weighted by atomic mass is 10.1. The predicted molar refractivity (Wildman–Crippen MR) is 80.1 cm³/mol. The first-order chi connectivity index (χ1) is 10.1. The number of hydrogen-bond donors (Lipinski definition) is 1. The molecule has 0 unspecified atom stereocenters. The van der Waals surface area contributed by atoms with Crippen LogP contribution in [0, 0.1) is 5.82 Å². The molecule has 21 heavy (non-hydrogen) atoms. The van der Waals surface area contributed by atoms with Gasteiger partial charge < -0.3 is 10.1 Å². The molecular weight excluding hydrogens is 293 g/mol. The number of alkyl halides is 1. The highest BCUT2D eigenvalue weighted by molar-refractivity contribution is 6.17. The molecule has 0 atom stereocenters. The van der Waals surface area contributed by atoms with Gasteiger partial charge in [-0.2, -0.15) is 0 Å². The number of amides is 1. The van der Waals surface area contributed by atoms with Gasteiger partial charge in [0.25, 0.3) is 5.91 Å². The Balaban J connectivity index is 2.02. The largest absolute Gasteiger partial charge is 0.494 e. The Hall–Kier alpha value is -2.07. The molecule has 0 fully saturated rings. The lowest BCUT2D eigenvalue weighted by Gasteiger charge is -2.08. The summed E-state index contributed by atoms with van der Waals surface area (Å²) in [5.74, 6) is -0.366. The van der Waals surface area contributed by atoms with E-state index < -0.39 is 5.82 Å². The Bertz CT molecular complexity index is 646. The Morgan fingerprint density at radius 2 is 2.00 bits per heavy atom. The van der Waals surface area contributed by atoms with E-state index in [-0.39, 0.29) is 17.2 Å². The maximum absolute atomic E-state index is 13.6. The van der Waals surface area contributed by atoms with Crippen molar-refractivity contribution in [2.24, 2.45) is 0 Å². The summed E-state index contributed by atoms with van der Waals surface area (Å²) in [6.07, 6.45) is 0. The summed E-state index contributed by atoms with van der Waals surface area (Å²) in [7, 11) is 1.38. The van der Waals surface area contributed by atoms with Crippen molar-refractivity contribution in [3.05, 3.63) is 65.0 Å². The van der Waals surface area contributed by atoms with Gasteiger partial charge in [0.15, 0.2) is 11.6 Å². The molecule has 3 nitrogen and oxygen atoms in total. The summed E-state index contributed by atoms with van der Waals surface area (Å²) in [6, 6.07) is 11.7. The fourth-order valence-corrected chi connectivity index (χ4v) is 2.08. The quantitative estimate of drug-likeness (QED) is 0.859. The molecule has 1 N–H and O–H groups in total. The van der Waals surface area contributed by atoms with Crippen molar-refractivity contribution < 1.29 is 13.9 Å². The van der Waals surface area contributed by atoms with Crippen molar-refractivity contribution in [2.75, 3.05) is 7.11 Å². The van der Waals surface area contributed by atoms with Crippen molar-refractivity contribution in [2.45, 2.75) is 12.4 Å². The minimum Gasteiger partial charge on any atom is -0.494 e. The third-order valence-electron chi connectivity index (χ3n) is 3.01. The van der Waals surface area contributed by atoms with Gasteiger partial charge >= 0.3 is 0 Å². The normalized spacial score (nSPS) is 10.2. The fraction of sp³-hybridized carbons (Fsp3) is 0.188. The highest BCUT2D eigenvalue weighted by Crippen LogP contribution is 2.17. The van der Waals surface area contributed by atoms with Crippen molar-refractivity contribution in [3.63, 3.8) is 0 Å². The van der Waals surface area contributed by atoms with Crippen molar-refractivity contribution in [1.82, 2.24) is 5.32 Å². The number of ether oxygens (including phenoxy) is 1. The van der Waals surface area contributed by atoms with Gasteiger partial charge in [0.1, 0.15) is 0 Å². The molecule has 0 bridgehead atoms. The van der Waals surface area contributed by atoms with Crippen LogP contribution in [0.25, 0.3) is 0 Å². The first kappa shape index (κ1) is 15.3. The van der Waals surface area contributed by atoms with Gasteiger partial charge in [-0.3, -0.25) is 4.79 Å². The van der Waals surface area contributed by atoms with Crippen molar-refractivity contribution in [1.29, 1.82) is 0 Å². The monoisotopic (exact) mass is 307 g/mol. The summed E-state index contributed by atoms with van der Waals surface area (Å²) in [5, 5.41) is 2.74. The lowest BCUT2D eigenvalue weighted by Crippen LogP contribution is -2.22. The molecule has 0 radical (unpaired) electrons. The van der Waals surface area contributed by atoms with E-state index in [0.717, 1.165) is 17.2 Å². The fourth-order valence-electron chi connectivity index (χ4n) is 1.91. The standard InChI is InChI=1S/C16H15ClFNO2/c1-21-15-6-5-13(8-14(15)18)16(20)19-10-12-4-2-3-11(7-12)9-17/h2-8H,9-10H2,1H3,(H,19,20). The van der Waals surface area contributed by atoms with Crippen LogP contribution in [0.5, 0.6) is 5.75 Å². The molecule has 5 heteroatoms. The Morgan fingerprint density at radius 1 is 1.24 bits per heavy atom. The van der Waals surface area contributed by atoms with Crippen LogP contribution >= 0.6 is 11.6 Å². The molecule has 110 valence electrons. The van der Waals surface area contributed by atoms with Crippen LogP contribution < -0.4 is 10.1 Å². The van der Waals surface area contributed by atoms with Gasteiger partial charge in [-0.25, -0.2) is 4.39 Å². The molecule has 0 aromatic heterocycles. The van der Waals surface area contributed by atoms with E-state index in [1.54, 1.807) is 0 Å². The average molecular weight is 308 g/mol. The molecular formula is C16H15ClFNO2. The van der Waals surface area contributed by atoms with Crippen LogP contribution in [-0.4, -0.2) is 13.0 Å². The molecule has 0 saturated carbocycles. The number of hydrogen-bond acceptors (Lipinski definition) is 2. The van der Waals surface area contributed by atoms with E-state index in [1.165, 1.54) is 19.2 Å². The summed E-state index contributed by atoms with van der Waals surface area (Å²) >= 11 is 5.76. The minimum absolute atomic E-state index is 0.112. The first-order valence-corrected chi connectivity index (χ1v) is 6.93. The van der Waals surface area contributed by atoms with E-state index in [2.05, 4.69) is 5.32 Å². The van der Waals surface area contributed by atoms with E-state index in [9.17, 15) is 9.18 Å². The molecule has 2 aromatic rings. The number of methoxy groups -OCH3 is 1. The van der Waals surface area contributed by atoms with Crippen LogP contribution in [0.3, 0.4) is 0 Å². The average Bonchev–Trinajstić information content (AvgIpc) is 2.52. The Kier molecular flexibility index (Phi) is 5.17. The molecule has 0 saturated heterocycles. The number of carbonyl (C=O) groups excluding carboxylic acids is 1. The van der Waals surface area contributed by atoms with Gasteiger partial charge in [-0.05, 0) is 29.3 Å². The summed E-state index contributed by atoms with van der Waals surface area (Å²) < 4.78 is 18.4. The molecule has 0 aliphatic heterocycles. The predicted octanol–water partition coefficient (Wildman–Crippen LogP) is 3.50. The van der Waals surface area contributed by atoms with E-state index in [0.29, 0.717) is 12.4 Å². The number of benzene rings is 2. The number of halogens is 2. The third kappa shape index (κ3) is 3.95. The maximum Gasteiger partial charge on any atom is 0.251 e. The van der Waals surface area contributed by atoms with E-state index in [4.69, 9.17) is 16.3 Å². The molecule has 1 amide bonds. The van der Waals surface area contributed by atoms with E-state index in [1.807, 2.05) is 24.3 Å². The topological polar surface area (TPSA) is 38.3 Å². The SMILES string of the molecule is COc1ccc(C(=O)NCc2cccc(CCl)c2)cc1F. The van der Waals surface area contributed by atoms with Crippen LogP contribution in [0.1, 0.15) is 21.5 Å². The molecule has 0 heterocycles. The Labute approximate surface area is 127 Å². The van der Waals surface area contributed by atoms with Gasteiger partial charge in [-0.15, -0.1) is 11.6 Å². The number of carbonyl (C=O) groups is 1. The Morgan fingerprint density at radius 3 is 2.67 bits per heavy atom. The summed E-state index contributed by atoms with van der Waals surface area (Å²) in [5.41, 5.74) is 2.18. The van der Waals surface area contributed by atoms with Crippen LogP contribution in [0.4, 0.5) is 4.39 Å². The zero-order valence-corrected chi connectivity index (χ0v) is 12.3. The molecule has 0 aliphatic rings. The lowest BCUT2D eigenvalue weighted by molar-refractivity contribution is 0.0950. The van der Waals surface area contributed by atoms with Crippen LogP contribution in [-0.2, 0) is 12.4 Å². The highest BCUT2D eigenvalue weighted by atomic mass is 35.5. The van der Waals surface area contributed by atoms with Gasteiger partial charge in [-0.1, -0.05) is 24.3 Å². The highest BCUT2D eigenvalue weighted by Gasteiger charge is 2.09. The summed E-state index contributed by atoms with van der Waals surface area (Å²) in [4.78, 5) is 12.0. The second-order valence-electron chi connectivity index (χ2n) is 4.49. The van der Waals surface area contributed by atoms with Crippen LogP contribution in [0.15, 0.2) is 42.5 Å². The first-order valence-electron chi connectivity index (χ1n) is 6.39. The second kappa shape index (κ2) is 7.09. The number of nitrogens with one attached hydrogen (secondary N) is 1. The third-order valence-corrected chi connectivity index (χ3v) is 3.32. The summed E-state index contributed by atoms with van der Waals surface area (Å²) in [6.45, 7) is 0.358. The minimum atomic E-state index is -0.561. The maximum atomic E-state index is 13.6. The molecule has 0 spiro atoms. The zero-order chi connectivity index (χ0) is 15.2. The van der Waals surface area contributed by atoms with Crippen molar-refractivity contribution in [3.8, 4) is 5.75 Å². The van der Waals surface area contributed by atoms with E-state index >= 15 is 0 Å². The molecule has 2 aromatic carbocycles. The van der Waals surface area contributed by atoms with Gasteiger partial charge in [0.2, 0.25) is 0 Å².